The van der Waals surface area contributed by atoms with Crippen LogP contribution in [0.1, 0.15) is 42.9 Å². The molecule has 0 heterocycles. The number of rotatable bonds is 6. The fraction of sp³-hybridized carbons (Fsp3) is 0.538. The van der Waals surface area contributed by atoms with Crippen molar-refractivity contribution in [1.29, 1.82) is 0 Å². The van der Waals surface area contributed by atoms with Gasteiger partial charge in [-0.25, -0.2) is 0 Å². The van der Waals surface area contributed by atoms with Gasteiger partial charge in [-0.05, 0) is 30.5 Å². The quantitative estimate of drug-likeness (QED) is 0.772. The lowest BCUT2D eigenvalue weighted by molar-refractivity contribution is -0.137. The number of hydrogen-bond acceptors (Lipinski definition) is 2. The molecular weight excluding hydrogens is 245 g/mol. The number of unbranched alkanes of at least 4 members (excludes halogenated alkanes) is 2. The summed E-state index contributed by atoms with van der Waals surface area (Å²) in [6.45, 7) is 0.121. The minimum Gasteiger partial charge on any atom is -0.396 e. The Kier molecular flexibility index (Phi) is 5.62. The van der Waals surface area contributed by atoms with Crippen LogP contribution in [0.25, 0.3) is 0 Å². The van der Waals surface area contributed by atoms with E-state index in [1.807, 2.05) is 0 Å². The first-order valence-electron chi connectivity index (χ1n) is 5.91. The Labute approximate surface area is 104 Å². The normalized spacial score (nSPS) is 13.6. The maximum absolute atomic E-state index is 12.3. The summed E-state index contributed by atoms with van der Waals surface area (Å²) in [4.78, 5) is 0. The molecule has 0 saturated carbocycles. The molecule has 0 spiro atoms. The van der Waals surface area contributed by atoms with Crippen LogP contribution in [0.4, 0.5) is 13.2 Å². The van der Waals surface area contributed by atoms with Crippen molar-refractivity contribution >= 4 is 0 Å². The number of benzene rings is 1. The van der Waals surface area contributed by atoms with Gasteiger partial charge < -0.3 is 10.2 Å². The van der Waals surface area contributed by atoms with E-state index < -0.39 is 17.8 Å². The Bertz CT molecular complexity index is 346. The Morgan fingerprint density at radius 3 is 2.11 bits per heavy atom. The van der Waals surface area contributed by atoms with Crippen LogP contribution in [0.15, 0.2) is 24.3 Å². The number of aliphatic hydroxyl groups excluding tert-OH is 2. The molecule has 1 atom stereocenters. The molecule has 0 aliphatic carbocycles. The van der Waals surface area contributed by atoms with Gasteiger partial charge in [-0.2, -0.15) is 13.2 Å². The van der Waals surface area contributed by atoms with Crippen LogP contribution in [0.5, 0.6) is 0 Å². The van der Waals surface area contributed by atoms with Gasteiger partial charge in [0.05, 0.1) is 11.7 Å². The lowest BCUT2D eigenvalue weighted by atomic mass is 10.0. The Hall–Kier alpha value is -1.07. The van der Waals surface area contributed by atoms with Crippen LogP contribution in [-0.4, -0.2) is 16.8 Å². The first kappa shape index (κ1) is 15.0. The SMILES string of the molecule is OCCCCCC(O)c1ccc(C(F)(F)F)cc1. The number of aliphatic hydroxyl groups is 2. The van der Waals surface area contributed by atoms with Crippen LogP contribution in [0.3, 0.4) is 0 Å². The van der Waals surface area contributed by atoms with Gasteiger partial charge in [0.15, 0.2) is 0 Å². The van der Waals surface area contributed by atoms with Crippen molar-refractivity contribution in [2.75, 3.05) is 6.61 Å². The minimum absolute atomic E-state index is 0.121. The highest BCUT2D eigenvalue weighted by Crippen LogP contribution is 2.30. The average Bonchev–Trinajstić information content (AvgIpc) is 2.33. The second-order valence-electron chi connectivity index (χ2n) is 4.21. The van der Waals surface area contributed by atoms with Gasteiger partial charge in [-0.15, -0.1) is 0 Å². The van der Waals surface area contributed by atoms with Crippen LogP contribution < -0.4 is 0 Å². The van der Waals surface area contributed by atoms with Crippen LogP contribution in [0.2, 0.25) is 0 Å². The van der Waals surface area contributed by atoms with Gasteiger partial charge >= 0.3 is 6.18 Å². The van der Waals surface area contributed by atoms with Gasteiger partial charge in [0.2, 0.25) is 0 Å². The van der Waals surface area contributed by atoms with E-state index in [1.54, 1.807) is 0 Å². The second-order valence-corrected chi connectivity index (χ2v) is 4.21. The van der Waals surface area contributed by atoms with E-state index in [9.17, 15) is 18.3 Å². The van der Waals surface area contributed by atoms with E-state index >= 15 is 0 Å². The van der Waals surface area contributed by atoms with E-state index in [4.69, 9.17) is 5.11 Å². The Balaban J connectivity index is 2.51. The zero-order chi connectivity index (χ0) is 13.6. The maximum atomic E-state index is 12.3. The molecule has 1 unspecified atom stereocenters. The molecule has 0 aromatic heterocycles. The molecule has 1 aromatic rings. The summed E-state index contributed by atoms with van der Waals surface area (Å²) in [5, 5.41) is 18.4. The van der Waals surface area contributed by atoms with Crippen molar-refractivity contribution in [1.82, 2.24) is 0 Å². The first-order valence-corrected chi connectivity index (χ1v) is 5.91. The Morgan fingerprint density at radius 1 is 1.00 bits per heavy atom. The van der Waals surface area contributed by atoms with Crippen molar-refractivity contribution in [3.63, 3.8) is 0 Å². The summed E-state index contributed by atoms with van der Waals surface area (Å²) in [6, 6.07) is 4.57. The van der Waals surface area contributed by atoms with E-state index in [2.05, 4.69) is 0 Å². The van der Waals surface area contributed by atoms with E-state index in [0.717, 1.165) is 25.0 Å². The summed E-state index contributed by atoms with van der Waals surface area (Å²) >= 11 is 0. The van der Waals surface area contributed by atoms with E-state index in [-0.39, 0.29) is 6.61 Å². The van der Waals surface area contributed by atoms with Crippen LogP contribution in [0, 0.1) is 0 Å². The highest BCUT2D eigenvalue weighted by atomic mass is 19.4. The molecule has 0 saturated heterocycles. The fourth-order valence-corrected chi connectivity index (χ4v) is 1.69. The molecule has 18 heavy (non-hydrogen) atoms. The summed E-state index contributed by atoms with van der Waals surface area (Å²) < 4.78 is 37.0. The third-order valence-electron chi connectivity index (χ3n) is 2.76. The fourth-order valence-electron chi connectivity index (χ4n) is 1.69. The van der Waals surface area contributed by atoms with Crippen LogP contribution in [-0.2, 0) is 6.18 Å². The molecule has 1 rings (SSSR count). The largest absolute Gasteiger partial charge is 0.416 e. The molecule has 0 aliphatic heterocycles. The highest BCUT2D eigenvalue weighted by Gasteiger charge is 2.30. The van der Waals surface area contributed by atoms with Crippen molar-refractivity contribution in [3.8, 4) is 0 Å². The average molecular weight is 262 g/mol. The molecule has 0 aliphatic rings. The zero-order valence-corrected chi connectivity index (χ0v) is 9.95. The topological polar surface area (TPSA) is 40.5 Å². The summed E-state index contributed by atoms with van der Waals surface area (Å²) in [5.74, 6) is 0. The molecule has 102 valence electrons. The summed E-state index contributed by atoms with van der Waals surface area (Å²) in [6.07, 6.45) is -2.38. The van der Waals surface area contributed by atoms with Gasteiger partial charge in [0.1, 0.15) is 0 Å². The smallest absolute Gasteiger partial charge is 0.396 e. The number of halogens is 3. The van der Waals surface area contributed by atoms with Crippen molar-refractivity contribution in [2.24, 2.45) is 0 Å². The first-order chi connectivity index (χ1) is 8.45. The predicted molar refractivity (Wildman–Crippen MR) is 62.0 cm³/mol. The molecule has 2 N–H and O–H groups in total. The van der Waals surface area contributed by atoms with Crippen molar-refractivity contribution in [3.05, 3.63) is 35.4 Å². The van der Waals surface area contributed by atoms with Gasteiger partial charge in [0, 0.05) is 6.61 Å². The third kappa shape index (κ3) is 4.66. The Morgan fingerprint density at radius 2 is 1.61 bits per heavy atom. The number of alkyl halides is 3. The minimum atomic E-state index is -4.34. The van der Waals surface area contributed by atoms with Crippen molar-refractivity contribution < 1.29 is 23.4 Å². The maximum Gasteiger partial charge on any atom is 0.416 e. The number of hydrogen-bond donors (Lipinski definition) is 2. The molecule has 2 nitrogen and oxygen atoms in total. The lowest BCUT2D eigenvalue weighted by Gasteiger charge is -2.12. The molecule has 1 aromatic carbocycles. The highest BCUT2D eigenvalue weighted by molar-refractivity contribution is 5.25. The predicted octanol–water partition coefficient (Wildman–Crippen LogP) is 3.29. The van der Waals surface area contributed by atoms with E-state index in [0.29, 0.717) is 18.4 Å². The third-order valence-corrected chi connectivity index (χ3v) is 2.76. The molecular formula is C13H17F3O2. The second kappa shape index (κ2) is 6.75. The lowest BCUT2D eigenvalue weighted by Crippen LogP contribution is -2.05. The molecule has 0 radical (unpaired) electrons. The zero-order valence-electron chi connectivity index (χ0n) is 9.95. The molecule has 5 heteroatoms. The monoisotopic (exact) mass is 262 g/mol. The van der Waals surface area contributed by atoms with Crippen LogP contribution >= 0.6 is 0 Å². The molecule has 0 amide bonds. The van der Waals surface area contributed by atoms with Crippen molar-refractivity contribution in [2.45, 2.75) is 38.0 Å². The summed E-state index contributed by atoms with van der Waals surface area (Å²) in [7, 11) is 0. The summed E-state index contributed by atoms with van der Waals surface area (Å²) in [5.41, 5.74) is -0.217. The molecule has 0 bridgehead atoms. The van der Waals surface area contributed by atoms with E-state index in [1.165, 1.54) is 12.1 Å². The standard InChI is InChI=1S/C13H17F3O2/c14-13(15,16)11-7-5-10(6-8-11)12(18)4-2-1-3-9-17/h5-8,12,17-18H,1-4,9H2. The molecule has 0 fully saturated rings. The van der Waals surface area contributed by atoms with Gasteiger partial charge in [0.25, 0.3) is 0 Å². The van der Waals surface area contributed by atoms with Gasteiger partial charge in [-0.3, -0.25) is 0 Å². The van der Waals surface area contributed by atoms with Gasteiger partial charge in [-0.1, -0.05) is 25.0 Å².